The minimum Gasteiger partial charge on any atom is -0.337 e. The molecule has 0 spiro atoms. The molecule has 1 aliphatic heterocycles. The summed E-state index contributed by atoms with van der Waals surface area (Å²) in [5.41, 5.74) is 7.11. The van der Waals surface area contributed by atoms with Crippen molar-refractivity contribution < 1.29 is 4.79 Å². The van der Waals surface area contributed by atoms with Crippen molar-refractivity contribution in [1.29, 1.82) is 0 Å². The van der Waals surface area contributed by atoms with Crippen molar-refractivity contribution >= 4 is 5.91 Å². The van der Waals surface area contributed by atoms with Gasteiger partial charge in [-0.2, -0.15) is 0 Å². The molecule has 21 heavy (non-hydrogen) atoms. The van der Waals surface area contributed by atoms with E-state index in [4.69, 9.17) is 5.73 Å². The van der Waals surface area contributed by atoms with E-state index in [1.54, 1.807) is 6.92 Å². The molecule has 0 aromatic heterocycles. The molecule has 0 bridgehead atoms. The summed E-state index contributed by atoms with van der Waals surface area (Å²) < 4.78 is 0. The van der Waals surface area contributed by atoms with Gasteiger partial charge in [-0.1, -0.05) is 30.3 Å². The van der Waals surface area contributed by atoms with E-state index in [9.17, 15) is 4.79 Å². The highest BCUT2D eigenvalue weighted by atomic mass is 16.2. The zero-order valence-electron chi connectivity index (χ0n) is 13.2. The second-order valence-electron chi connectivity index (χ2n) is 5.93. The molecule has 1 fully saturated rings. The molecule has 1 aromatic rings. The maximum Gasteiger partial charge on any atom is 0.239 e. The molecule has 2 atom stereocenters. The average Bonchev–Trinajstić information content (AvgIpc) is 2.49. The van der Waals surface area contributed by atoms with Crippen LogP contribution in [0.3, 0.4) is 0 Å². The molecular weight excluding hydrogens is 262 g/mol. The maximum absolute atomic E-state index is 12.2. The number of piperidine rings is 1. The molecule has 1 saturated heterocycles. The minimum absolute atomic E-state index is 0.0732. The molecule has 1 amide bonds. The van der Waals surface area contributed by atoms with Gasteiger partial charge in [0.05, 0.1) is 6.04 Å². The molecule has 0 unspecified atom stereocenters. The lowest BCUT2D eigenvalue weighted by Crippen LogP contribution is -2.53. The highest BCUT2D eigenvalue weighted by Crippen LogP contribution is 2.18. The Labute approximate surface area is 127 Å². The molecular formula is C17H27N3O. The van der Waals surface area contributed by atoms with Crippen LogP contribution in [0.4, 0.5) is 0 Å². The number of nitrogens with two attached hydrogens (primary N) is 1. The first-order chi connectivity index (χ1) is 10.1. The molecule has 2 N–H and O–H groups in total. The van der Waals surface area contributed by atoms with Gasteiger partial charge >= 0.3 is 0 Å². The van der Waals surface area contributed by atoms with Crippen molar-refractivity contribution in [3.05, 3.63) is 35.9 Å². The first kappa shape index (κ1) is 16.0. The Morgan fingerprint density at radius 1 is 1.43 bits per heavy atom. The third kappa shape index (κ3) is 4.29. The van der Waals surface area contributed by atoms with Gasteiger partial charge in [0.25, 0.3) is 0 Å². The van der Waals surface area contributed by atoms with Crippen LogP contribution < -0.4 is 5.73 Å². The number of hydrogen-bond acceptors (Lipinski definition) is 3. The van der Waals surface area contributed by atoms with E-state index in [0.29, 0.717) is 6.04 Å². The number of carbonyl (C=O) groups is 1. The van der Waals surface area contributed by atoms with E-state index in [0.717, 1.165) is 39.0 Å². The smallest absolute Gasteiger partial charge is 0.239 e. The number of carbonyl (C=O) groups excluding carboxylic acids is 1. The summed E-state index contributed by atoms with van der Waals surface area (Å²) in [4.78, 5) is 16.6. The van der Waals surface area contributed by atoms with Crippen molar-refractivity contribution in [2.75, 3.05) is 19.6 Å². The lowest BCUT2D eigenvalue weighted by molar-refractivity contribution is -0.135. The van der Waals surface area contributed by atoms with Crippen molar-refractivity contribution in [1.82, 2.24) is 9.80 Å². The largest absolute Gasteiger partial charge is 0.337 e. The van der Waals surface area contributed by atoms with Gasteiger partial charge < -0.3 is 10.6 Å². The third-order valence-electron chi connectivity index (χ3n) is 4.18. The Morgan fingerprint density at radius 2 is 2.14 bits per heavy atom. The summed E-state index contributed by atoms with van der Waals surface area (Å²) >= 11 is 0. The van der Waals surface area contributed by atoms with Crippen molar-refractivity contribution in [3.8, 4) is 0 Å². The zero-order valence-corrected chi connectivity index (χ0v) is 13.2. The Hall–Kier alpha value is -1.39. The van der Waals surface area contributed by atoms with Gasteiger partial charge in [0.1, 0.15) is 0 Å². The fraction of sp³-hybridized carbons (Fsp3) is 0.588. The van der Waals surface area contributed by atoms with Crippen LogP contribution in [0.5, 0.6) is 0 Å². The van der Waals surface area contributed by atoms with Gasteiger partial charge in [0, 0.05) is 25.7 Å². The number of likely N-dealkylation sites (tertiary alicyclic amines) is 1. The van der Waals surface area contributed by atoms with E-state index in [1.165, 1.54) is 5.56 Å². The molecule has 0 saturated carbocycles. The maximum atomic E-state index is 12.2. The summed E-state index contributed by atoms with van der Waals surface area (Å²) in [5, 5.41) is 0. The Balaban J connectivity index is 1.98. The molecule has 116 valence electrons. The van der Waals surface area contributed by atoms with E-state index in [1.807, 2.05) is 17.9 Å². The highest BCUT2D eigenvalue weighted by molar-refractivity contribution is 5.81. The number of benzene rings is 1. The Morgan fingerprint density at radius 3 is 2.76 bits per heavy atom. The molecule has 1 aromatic carbocycles. The van der Waals surface area contributed by atoms with Crippen LogP contribution in [0.25, 0.3) is 0 Å². The second-order valence-corrected chi connectivity index (χ2v) is 5.93. The van der Waals surface area contributed by atoms with Crippen LogP contribution in [0.2, 0.25) is 0 Å². The molecule has 0 aliphatic carbocycles. The topological polar surface area (TPSA) is 49.6 Å². The monoisotopic (exact) mass is 289 g/mol. The fourth-order valence-corrected chi connectivity index (χ4v) is 3.13. The third-order valence-corrected chi connectivity index (χ3v) is 4.18. The zero-order chi connectivity index (χ0) is 15.2. The minimum atomic E-state index is -0.408. The normalized spacial score (nSPS) is 21.0. The predicted octanol–water partition coefficient (Wildman–Crippen LogP) is 1.85. The molecule has 4 nitrogen and oxygen atoms in total. The van der Waals surface area contributed by atoms with Crippen molar-refractivity contribution in [2.24, 2.45) is 5.73 Å². The fourth-order valence-electron chi connectivity index (χ4n) is 3.13. The van der Waals surface area contributed by atoms with E-state index in [2.05, 4.69) is 29.2 Å². The molecule has 1 heterocycles. The predicted molar refractivity (Wildman–Crippen MR) is 85.8 cm³/mol. The SMILES string of the molecule is CCN(C(=O)[C@H](C)N)[C@@H]1CCCN(Cc2ccccc2)C1. The summed E-state index contributed by atoms with van der Waals surface area (Å²) in [6, 6.07) is 10.4. The Kier molecular flexibility index (Phi) is 5.76. The number of amides is 1. The van der Waals surface area contributed by atoms with Gasteiger partial charge in [0.2, 0.25) is 5.91 Å². The summed E-state index contributed by atoms with van der Waals surface area (Å²) in [5.74, 6) is 0.0732. The lowest BCUT2D eigenvalue weighted by Gasteiger charge is -2.39. The molecule has 1 aliphatic rings. The van der Waals surface area contributed by atoms with E-state index >= 15 is 0 Å². The molecule has 2 rings (SSSR count). The highest BCUT2D eigenvalue weighted by Gasteiger charge is 2.28. The first-order valence-corrected chi connectivity index (χ1v) is 7.94. The summed E-state index contributed by atoms with van der Waals surface area (Å²) in [7, 11) is 0. The number of nitrogens with zero attached hydrogens (tertiary/aromatic N) is 2. The van der Waals surface area contributed by atoms with Gasteiger partial charge in [0.15, 0.2) is 0 Å². The van der Waals surface area contributed by atoms with Crippen LogP contribution in [0.1, 0.15) is 32.3 Å². The van der Waals surface area contributed by atoms with Gasteiger partial charge in [-0.25, -0.2) is 0 Å². The quantitative estimate of drug-likeness (QED) is 0.900. The van der Waals surface area contributed by atoms with Crippen molar-refractivity contribution in [3.63, 3.8) is 0 Å². The standard InChI is InChI=1S/C17H27N3O/c1-3-20(17(21)14(2)18)16-10-7-11-19(13-16)12-15-8-5-4-6-9-15/h4-6,8-9,14,16H,3,7,10-13,18H2,1-2H3/t14-,16+/m0/s1. The van der Waals surface area contributed by atoms with E-state index in [-0.39, 0.29) is 5.91 Å². The second kappa shape index (κ2) is 7.57. The lowest BCUT2D eigenvalue weighted by atomic mass is 10.0. The van der Waals surface area contributed by atoms with Crippen LogP contribution >= 0.6 is 0 Å². The number of likely N-dealkylation sites (N-methyl/N-ethyl adjacent to an activating group) is 1. The van der Waals surface area contributed by atoms with Gasteiger partial charge in [-0.15, -0.1) is 0 Å². The van der Waals surface area contributed by atoms with E-state index < -0.39 is 6.04 Å². The van der Waals surface area contributed by atoms with Gasteiger partial charge in [-0.05, 0) is 38.8 Å². The van der Waals surface area contributed by atoms with Crippen LogP contribution in [-0.2, 0) is 11.3 Å². The van der Waals surface area contributed by atoms with Crippen LogP contribution in [0.15, 0.2) is 30.3 Å². The molecule has 0 radical (unpaired) electrons. The number of hydrogen-bond donors (Lipinski definition) is 1. The molecule has 4 heteroatoms. The van der Waals surface area contributed by atoms with Crippen LogP contribution in [-0.4, -0.2) is 47.4 Å². The summed E-state index contributed by atoms with van der Waals surface area (Å²) in [6.07, 6.45) is 2.22. The van der Waals surface area contributed by atoms with Gasteiger partial charge in [-0.3, -0.25) is 9.69 Å². The van der Waals surface area contributed by atoms with Crippen molar-refractivity contribution in [2.45, 2.75) is 45.3 Å². The average molecular weight is 289 g/mol. The Bertz CT molecular complexity index is 447. The number of rotatable bonds is 5. The first-order valence-electron chi connectivity index (χ1n) is 7.94. The summed E-state index contributed by atoms with van der Waals surface area (Å²) in [6.45, 7) is 7.56. The van der Waals surface area contributed by atoms with Crippen LogP contribution in [0, 0.1) is 0 Å².